The summed E-state index contributed by atoms with van der Waals surface area (Å²) >= 11 is 0. The number of hydroxylamine groups is 1. The van der Waals surface area contributed by atoms with Crippen molar-refractivity contribution >= 4 is 5.91 Å². The summed E-state index contributed by atoms with van der Waals surface area (Å²) in [5, 5.41) is 0. The Kier molecular flexibility index (Phi) is 4.57. The van der Waals surface area contributed by atoms with Crippen molar-refractivity contribution in [1.82, 2.24) is 10.2 Å². The number of nitrogens with two attached hydrogens (primary N) is 1. The molecule has 1 heterocycles. The summed E-state index contributed by atoms with van der Waals surface area (Å²) in [5.41, 5.74) is 2.43. The van der Waals surface area contributed by atoms with E-state index in [1.165, 1.54) is 19.4 Å². The Balaban J connectivity index is 2.31. The summed E-state index contributed by atoms with van der Waals surface area (Å²) in [6.07, 6.45) is 1.28. The Morgan fingerprint density at radius 3 is 2.67 bits per heavy atom. The van der Waals surface area contributed by atoms with Crippen LogP contribution in [0.4, 0.5) is 0 Å². The first-order chi connectivity index (χ1) is 10.1. The largest absolute Gasteiger partial charge is 0.482 e. The van der Waals surface area contributed by atoms with Crippen LogP contribution in [0.25, 0.3) is 0 Å². The van der Waals surface area contributed by atoms with Crippen LogP contribution in [0.2, 0.25) is 0 Å². The van der Waals surface area contributed by atoms with Gasteiger partial charge >= 0.3 is 0 Å². The highest BCUT2D eigenvalue weighted by Gasteiger charge is 2.19. The molecule has 0 bridgehead atoms. The molecule has 0 atom stereocenters. The Morgan fingerprint density at radius 2 is 2.00 bits per heavy atom. The zero-order valence-electron chi connectivity index (χ0n) is 11.4. The minimum atomic E-state index is -0.666. The SMILES string of the molecule is CONC(=O)c1c(OCc2ccccc2)c(=O)ccn1N. The third-order valence-corrected chi connectivity index (χ3v) is 2.72. The van der Waals surface area contributed by atoms with Gasteiger partial charge in [0, 0.05) is 12.3 Å². The normalized spacial score (nSPS) is 10.1. The molecule has 1 aromatic carbocycles. The van der Waals surface area contributed by atoms with Crippen LogP contribution in [0.1, 0.15) is 16.1 Å². The second-order valence-electron chi connectivity index (χ2n) is 4.17. The van der Waals surface area contributed by atoms with Crippen LogP contribution in [0.15, 0.2) is 47.4 Å². The van der Waals surface area contributed by atoms with Crippen molar-refractivity contribution in [1.29, 1.82) is 0 Å². The van der Waals surface area contributed by atoms with E-state index in [1.54, 1.807) is 0 Å². The Bertz CT molecular complexity index is 682. The molecule has 110 valence electrons. The number of aromatic nitrogens is 1. The van der Waals surface area contributed by atoms with E-state index in [9.17, 15) is 9.59 Å². The highest BCUT2D eigenvalue weighted by atomic mass is 16.6. The average molecular weight is 289 g/mol. The number of pyridine rings is 1. The number of nitrogens with one attached hydrogen (secondary N) is 1. The van der Waals surface area contributed by atoms with E-state index in [1.807, 2.05) is 30.3 Å². The highest BCUT2D eigenvalue weighted by Crippen LogP contribution is 2.13. The maximum atomic E-state index is 11.9. The molecule has 1 aromatic heterocycles. The zero-order chi connectivity index (χ0) is 15.2. The van der Waals surface area contributed by atoms with E-state index < -0.39 is 11.3 Å². The first-order valence-electron chi connectivity index (χ1n) is 6.14. The molecule has 0 aliphatic rings. The summed E-state index contributed by atoms with van der Waals surface area (Å²) < 4.78 is 6.48. The molecule has 0 aliphatic heterocycles. The first-order valence-corrected chi connectivity index (χ1v) is 6.14. The van der Waals surface area contributed by atoms with Crippen LogP contribution in [-0.2, 0) is 11.4 Å². The molecule has 0 aliphatic carbocycles. The fourth-order valence-corrected chi connectivity index (χ4v) is 1.76. The number of carbonyl (C=O) groups is 1. The Labute approximate surface area is 120 Å². The third-order valence-electron chi connectivity index (χ3n) is 2.72. The van der Waals surface area contributed by atoms with Gasteiger partial charge in [0.1, 0.15) is 6.61 Å². The maximum Gasteiger partial charge on any atom is 0.297 e. The molecule has 3 N–H and O–H groups in total. The van der Waals surface area contributed by atoms with Crippen molar-refractivity contribution < 1.29 is 14.4 Å². The lowest BCUT2D eigenvalue weighted by atomic mass is 10.2. The van der Waals surface area contributed by atoms with Gasteiger partial charge in [-0.1, -0.05) is 30.3 Å². The molecule has 0 saturated carbocycles. The Morgan fingerprint density at radius 1 is 1.29 bits per heavy atom. The van der Waals surface area contributed by atoms with Gasteiger partial charge in [0.15, 0.2) is 11.4 Å². The predicted molar refractivity (Wildman–Crippen MR) is 76.1 cm³/mol. The summed E-state index contributed by atoms with van der Waals surface area (Å²) in [4.78, 5) is 28.3. The van der Waals surface area contributed by atoms with Gasteiger partial charge in [0.2, 0.25) is 5.43 Å². The number of hydrogen-bond acceptors (Lipinski definition) is 5. The van der Waals surface area contributed by atoms with Gasteiger partial charge in [-0.3, -0.25) is 19.1 Å². The van der Waals surface area contributed by atoms with E-state index in [4.69, 9.17) is 10.6 Å². The molecule has 2 rings (SSSR count). The minimum Gasteiger partial charge on any atom is -0.482 e. The molecular weight excluding hydrogens is 274 g/mol. The van der Waals surface area contributed by atoms with Gasteiger partial charge in [0.25, 0.3) is 5.91 Å². The van der Waals surface area contributed by atoms with Gasteiger partial charge in [-0.05, 0) is 5.56 Å². The fraction of sp³-hybridized carbons (Fsp3) is 0.143. The van der Waals surface area contributed by atoms with Crippen molar-refractivity contribution in [2.45, 2.75) is 6.61 Å². The standard InChI is InChI=1S/C14H15N3O4/c1-20-16-14(19)12-13(11(18)7-8-17(12)15)21-9-10-5-3-2-4-6-10/h2-8H,9,15H2,1H3,(H,16,19). The fourth-order valence-electron chi connectivity index (χ4n) is 1.76. The number of carbonyl (C=O) groups excluding carboxylic acids is 1. The van der Waals surface area contributed by atoms with E-state index in [2.05, 4.69) is 10.3 Å². The second kappa shape index (κ2) is 6.58. The molecule has 0 fully saturated rings. The predicted octanol–water partition coefficient (Wildman–Crippen LogP) is 0.432. The highest BCUT2D eigenvalue weighted by molar-refractivity contribution is 5.94. The lowest BCUT2D eigenvalue weighted by Crippen LogP contribution is -2.31. The number of nitrogen functional groups attached to an aromatic ring is 1. The lowest BCUT2D eigenvalue weighted by molar-refractivity contribution is 0.0524. The summed E-state index contributed by atoms with van der Waals surface area (Å²) in [7, 11) is 1.28. The number of rotatable bonds is 5. The topological polar surface area (TPSA) is 95.6 Å². The summed E-state index contributed by atoms with van der Waals surface area (Å²) in [5.74, 6) is 4.88. The van der Waals surface area contributed by atoms with Gasteiger partial charge in [0.05, 0.1) is 7.11 Å². The number of benzene rings is 1. The van der Waals surface area contributed by atoms with Crippen molar-refractivity contribution in [3.05, 3.63) is 64.1 Å². The average Bonchev–Trinajstić information content (AvgIpc) is 2.49. The Hall–Kier alpha value is -2.80. The molecule has 0 radical (unpaired) electrons. The molecule has 0 saturated heterocycles. The van der Waals surface area contributed by atoms with Gasteiger partial charge in [-0.2, -0.15) is 0 Å². The molecule has 21 heavy (non-hydrogen) atoms. The van der Waals surface area contributed by atoms with Crippen molar-refractivity contribution in [3.8, 4) is 5.75 Å². The molecule has 0 spiro atoms. The van der Waals surface area contributed by atoms with E-state index in [0.29, 0.717) is 0 Å². The van der Waals surface area contributed by atoms with E-state index in [0.717, 1.165) is 10.2 Å². The van der Waals surface area contributed by atoms with Crippen LogP contribution in [-0.4, -0.2) is 17.7 Å². The maximum absolute atomic E-state index is 11.9. The van der Waals surface area contributed by atoms with E-state index >= 15 is 0 Å². The molecule has 2 aromatic rings. The minimum absolute atomic E-state index is 0.111. The molecular formula is C14H15N3O4. The second-order valence-corrected chi connectivity index (χ2v) is 4.17. The zero-order valence-corrected chi connectivity index (χ0v) is 11.4. The smallest absolute Gasteiger partial charge is 0.297 e. The van der Waals surface area contributed by atoms with Crippen molar-refractivity contribution in [2.75, 3.05) is 13.0 Å². The quantitative estimate of drug-likeness (QED) is 0.615. The number of ether oxygens (including phenoxy) is 1. The number of hydrogen-bond donors (Lipinski definition) is 2. The lowest BCUT2D eigenvalue weighted by Gasteiger charge is -2.13. The van der Waals surface area contributed by atoms with Crippen LogP contribution >= 0.6 is 0 Å². The molecule has 1 amide bonds. The van der Waals surface area contributed by atoms with Crippen molar-refractivity contribution in [2.24, 2.45) is 0 Å². The van der Waals surface area contributed by atoms with Crippen LogP contribution in [0.5, 0.6) is 5.75 Å². The molecule has 7 heteroatoms. The van der Waals surface area contributed by atoms with Crippen molar-refractivity contribution in [3.63, 3.8) is 0 Å². The molecule has 7 nitrogen and oxygen atoms in total. The van der Waals surface area contributed by atoms with Gasteiger partial charge < -0.3 is 10.6 Å². The summed E-state index contributed by atoms with van der Waals surface area (Å²) in [6, 6.07) is 10.5. The molecule has 0 unspecified atom stereocenters. The number of amides is 1. The first kappa shape index (κ1) is 14.6. The monoisotopic (exact) mass is 289 g/mol. The van der Waals surface area contributed by atoms with Gasteiger partial charge in [-0.25, -0.2) is 5.48 Å². The number of nitrogens with zero attached hydrogens (tertiary/aromatic N) is 1. The third kappa shape index (κ3) is 3.40. The van der Waals surface area contributed by atoms with Crippen LogP contribution in [0, 0.1) is 0 Å². The van der Waals surface area contributed by atoms with Gasteiger partial charge in [-0.15, -0.1) is 0 Å². The van der Waals surface area contributed by atoms with E-state index in [-0.39, 0.29) is 18.1 Å². The van der Waals surface area contributed by atoms with Crippen LogP contribution in [0.3, 0.4) is 0 Å². The van der Waals surface area contributed by atoms with Crippen LogP contribution < -0.4 is 21.5 Å². The summed E-state index contributed by atoms with van der Waals surface area (Å²) in [6.45, 7) is 0.146.